The number of ether oxygens (including phenoxy) is 3. The van der Waals surface area contributed by atoms with Crippen molar-refractivity contribution in [1.29, 1.82) is 0 Å². The third-order valence-electron chi connectivity index (χ3n) is 9.90. The molecule has 2 aliphatic heterocycles. The maximum absolute atomic E-state index is 6.48. The molecular formula is C34H41ClN12O3. The van der Waals surface area contributed by atoms with Crippen molar-refractivity contribution in [3.05, 3.63) is 66.6 Å². The third kappa shape index (κ3) is 7.30. The Morgan fingerprint density at radius 2 is 1.76 bits per heavy atom. The Morgan fingerprint density at radius 3 is 2.50 bits per heavy atom. The number of anilines is 2. The minimum atomic E-state index is -0.208. The molecule has 1 saturated carbocycles. The van der Waals surface area contributed by atoms with E-state index in [1.807, 2.05) is 48.3 Å². The summed E-state index contributed by atoms with van der Waals surface area (Å²) in [4.78, 5) is 12.0. The van der Waals surface area contributed by atoms with Gasteiger partial charge in [0.1, 0.15) is 30.5 Å². The van der Waals surface area contributed by atoms with Gasteiger partial charge < -0.3 is 19.5 Å². The molecule has 50 heavy (non-hydrogen) atoms. The molecule has 2 bridgehead atoms. The summed E-state index contributed by atoms with van der Waals surface area (Å²) >= 11 is 6.48. The summed E-state index contributed by atoms with van der Waals surface area (Å²) in [6.07, 6.45) is 17.6. The summed E-state index contributed by atoms with van der Waals surface area (Å²) in [5, 5.41) is 24.3. The van der Waals surface area contributed by atoms with E-state index in [1.165, 1.54) is 12.8 Å². The first-order valence-corrected chi connectivity index (χ1v) is 17.7. The quantitative estimate of drug-likeness (QED) is 0.180. The second kappa shape index (κ2) is 14.7. The van der Waals surface area contributed by atoms with Crippen molar-refractivity contribution in [2.75, 3.05) is 25.1 Å². The zero-order valence-electron chi connectivity index (χ0n) is 28.0. The highest BCUT2D eigenvalue weighted by Gasteiger charge is 2.42. The van der Waals surface area contributed by atoms with E-state index in [2.05, 4.69) is 45.5 Å². The number of hydrogen-bond acceptors (Lipinski definition) is 12. The second-order valence-electron chi connectivity index (χ2n) is 13.3. The number of rotatable bonds is 13. The van der Waals surface area contributed by atoms with Crippen LogP contribution < -0.4 is 14.8 Å². The first-order chi connectivity index (χ1) is 24.6. The first kappa shape index (κ1) is 32.6. The number of aromatic nitrogens is 10. The summed E-state index contributed by atoms with van der Waals surface area (Å²) in [7, 11) is 0. The number of halogens is 1. The maximum atomic E-state index is 6.48. The van der Waals surface area contributed by atoms with Gasteiger partial charge in [0.05, 0.1) is 43.6 Å². The molecule has 0 spiro atoms. The highest BCUT2D eigenvalue weighted by Crippen LogP contribution is 2.39. The molecule has 1 aliphatic carbocycles. The van der Waals surface area contributed by atoms with Crippen LogP contribution in [0.15, 0.2) is 61.6 Å². The van der Waals surface area contributed by atoms with Gasteiger partial charge >= 0.3 is 0 Å². The second-order valence-corrected chi connectivity index (χ2v) is 13.7. The van der Waals surface area contributed by atoms with Gasteiger partial charge in [-0.1, -0.05) is 17.7 Å². The van der Waals surface area contributed by atoms with Crippen molar-refractivity contribution in [3.8, 4) is 22.8 Å². The number of hydrogen-bond donors (Lipinski definition) is 1. The molecule has 3 aliphatic rings. The van der Waals surface area contributed by atoms with Gasteiger partial charge in [-0.25, -0.2) is 14.6 Å². The van der Waals surface area contributed by atoms with E-state index >= 15 is 0 Å². The Balaban J connectivity index is 0.946. The fraction of sp³-hybridized carbons (Fsp3) is 0.500. The first-order valence-electron chi connectivity index (χ1n) is 17.4. The summed E-state index contributed by atoms with van der Waals surface area (Å²) in [6, 6.07) is 9.62. The van der Waals surface area contributed by atoms with Crippen LogP contribution in [0, 0.1) is 0 Å². The third-order valence-corrected chi connectivity index (χ3v) is 10.2. The van der Waals surface area contributed by atoms with Crippen LogP contribution in [0.25, 0.3) is 11.1 Å². The van der Waals surface area contributed by atoms with Crippen molar-refractivity contribution in [3.63, 3.8) is 0 Å². The Hall–Kier alpha value is -4.60. The van der Waals surface area contributed by atoms with Crippen molar-refractivity contribution in [1.82, 2.24) is 54.6 Å². The average Bonchev–Trinajstić information content (AvgIpc) is 3.96. The van der Waals surface area contributed by atoms with Crippen LogP contribution in [-0.4, -0.2) is 98.7 Å². The van der Waals surface area contributed by atoms with Crippen LogP contribution in [0.2, 0.25) is 5.02 Å². The van der Waals surface area contributed by atoms with E-state index in [9.17, 15) is 0 Å². The summed E-state index contributed by atoms with van der Waals surface area (Å²) in [5.41, 5.74) is 2.43. The molecular weight excluding hydrogens is 660 g/mol. The van der Waals surface area contributed by atoms with Crippen LogP contribution in [0.1, 0.15) is 51.5 Å². The molecule has 5 aromatic rings. The van der Waals surface area contributed by atoms with Gasteiger partial charge in [-0.05, 0) is 79.6 Å². The number of benzene rings is 1. The summed E-state index contributed by atoms with van der Waals surface area (Å²) in [6.45, 7) is 5.22. The molecule has 6 heterocycles. The minimum Gasteiger partial charge on any atom is -0.487 e. The summed E-state index contributed by atoms with van der Waals surface area (Å²) in [5.74, 6) is 1.52. The predicted octanol–water partition coefficient (Wildman–Crippen LogP) is 4.81. The monoisotopic (exact) mass is 700 g/mol. The van der Waals surface area contributed by atoms with Gasteiger partial charge in [-0.2, -0.15) is 5.10 Å². The number of tetrazole rings is 1. The topological polar surface area (TPSA) is 148 Å². The van der Waals surface area contributed by atoms with Gasteiger partial charge in [-0.3, -0.25) is 14.3 Å². The molecule has 1 aromatic carbocycles. The SMILES string of the molecule is C[C@@H](Cn1cnnn1)Oc1cc(-c2cnc(Nc3cn(C4CCC(N5[C@@H]6CC[C@H]5COC6)CC4)nc3OCCn3cccn3)nc2)ccc1Cl. The Labute approximate surface area is 294 Å². The molecule has 2 saturated heterocycles. The van der Waals surface area contributed by atoms with E-state index in [1.54, 1.807) is 29.6 Å². The van der Waals surface area contributed by atoms with Crippen LogP contribution in [0.5, 0.6) is 11.6 Å². The largest absolute Gasteiger partial charge is 0.487 e. The maximum Gasteiger partial charge on any atom is 0.257 e. The Kier molecular flexibility index (Phi) is 9.59. The van der Waals surface area contributed by atoms with Crippen molar-refractivity contribution in [2.45, 2.75) is 88.8 Å². The van der Waals surface area contributed by atoms with Crippen LogP contribution in [-0.2, 0) is 17.8 Å². The molecule has 3 atom stereocenters. The molecule has 0 radical (unpaired) electrons. The van der Waals surface area contributed by atoms with Gasteiger partial charge in [0.25, 0.3) is 5.88 Å². The average molecular weight is 701 g/mol. The Morgan fingerprint density at radius 1 is 0.980 bits per heavy atom. The zero-order valence-corrected chi connectivity index (χ0v) is 28.7. The van der Waals surface area contributed by atoms with Gasteiger partial charge in [0.2, 0.25) is 5.95 Å². The highest BCUT2D eigenvalue weighted by atomic mass is 35.5. The lowest BCUT2D eigenvalue weighted by Gasteiger charge is -2.43. The zero-order chi connectivity index (χ0) is 33.9. The van der Waals surface area contributed by atoms with Crippen LogP contribution >= 0.6 is 11.6 Å². The van der Waals surface area contributed by atoms with Crippen molar-refractivity contribution < 1.29 is 14.2 Å². The molecule has 0 unspecified atom stereocenters. The molecule has 1 N–H and O–H groups in total. The highest BCUT2D eigenvalue weighted by molar-refractivity contribution is 6.32. The minimum absolute atomic E-state index is 0.208. The van der Waals surface area contributed by atoms with E-state index in [0.717, 1.165) is 55.7 Å². The molecule has 262 valence electrons. The van der Waals surface area contributed by atoms with Crippen LogP contribution in [0.4, 0.5) is 11.6 Å². The molecule has 8 rings (SSSR count). The van der Waals surface area contributed by atoms with Crippen LogP contribution in [0.3, 0.4) is 0 Å². The summed E-state index contributed by atoms with van der Waals surface area (Å²) < 4.78 is 23.7. The normalized spacial score (nSPS) is 22.8. The number of fused-ring (bicyclic) bond motifs is 2. The predicted molar refractivity (Wildman–Crippen MR) is 184 cm³/mol. The molecule has 0 amide bonds. The van der Waals surface area contributed by atoms with Gasteiger partial charge in [0, 0.05) is 48.5 Å². The van der Waals surface area contributed by atoms with Gasteiger partial charge in [-0.15, -0.1) is 10.2 Å². The number of nitrogens with one attached hydrogen (secondary N) is 1. The molecule has 15 nitrogen and oxygen atoms in total. The van der Waals surface area contributed by atoms with E-state index in [4.69, 9.17) is 30.9 Å². The van der Waals surface area contributed by atoms with Crippen molar-refractivity contribution in [2.24, 2.45) is 0 Å². The van der Waals surface area contributed by atoms with E-state index in [-0.39, 0.29) is 6.10 Å². The number of morpholine rings is 1. The van der Waals surface area contributed by atoms with E-state index < -0.39 is 0 Å². The molecule has 3 fully saturated rings. The smallest absolute Gasteiger partial charge is 0.257 e. The van der Waals surface area contributed by atoms with E-state index in [0.29, 0.717) is 66.5 Å². The molecule has 16 heteroatoms. The van der Waals surface area contributed by atoms with Gasteiger partial charge in [0.15, 0.2) is 0 Å². The number of nitrogens with zero attached hydrogens (tertiary/aromatic N) is 11. The fourth-order valence-corrected chi connectivity index (χ4v) is 7.68. The lowest BCUT2D eigenvalue weighted by Crippen LogP contribution is -2.52. The molecule has 4 aromatic heterocycles. The van der Waals surface area contributed by atoms with Crippen molar-refractivity contribution >= 4 is 23.2 Å². The lowest BCUT2D eigenvalue weighted by atomic mass is 9.89. The lowest BCUT2D eigenvalue weighted by molar-refractivity contribution is -0.0458. The Bertz CT molecular complexity index is 1810. The standard InChI is InChI=1S/C34H41ClN12O3/c1-23(18-45-22-38-42-43-45)50-32-15-24(3-10-30(32)35)25-16-36-34(37-17-25)40-31-19-46(41-33(31)49-14-13-44-12-2-11-39-44)26-4-6-27(7-5-26)47-28-8-9-29(47)21-48-20-28/h2-3,10-12,15-17,19,22-23,26-29H,4-9,13-14,18,20-21H2,1H3,(H,36,37,40)/t23-,26?,27?,28-,29+/m0/s1. The fourth-order valence-electron chi connectivity index (χ4n) is 7.52.